The van der Waals surface area contributed by atoms with Crippen LogP contribution in [-0.4, -0.2) is 23.6 Å². The van der Waals surface area contributed by atoms with Gasteiger partial charge in [-0.3, -0.25) is 0 Å². The van der Waals surface area contributed by atoms with E-state index in [9.17, 15) is 0 Å². The molecular formula is C15H22ClN3. The molecule has 2 heterocycles. The third-order valence-corrected chi connectivity index (χ3v) is 4.53. The maximum absolute atomic E-state index is 6.26. The summed E-state index contributed by atoms with van der Waals surface area (Å²) < 4.78 is 0. The Balaban J connectivity index is 1.75. The van der Waals surface area contributed by atoms with Gasteiger partial charge in [0.05, 0.1) is 10.7 Å². The van der Waals surface area contributed by atoms with Crippen molar-refractivity contribution in [1.29, 1.82) is 0 Å². The van der Waals surface area contributed by atoms with E-state index in [2.05, 4.69) is 23.2 Å². The van der Waals surface area contributed by atoms with E-state index in [0.717, 1.165) is 29.6 Å². The van der Waals surface area contributed by atoms with Crippen LogP contribution in [0.5, 0.6) is 0 Å². The predicted octanol–water partition coefficient (Wildman–Crippen LogP) is 3.37. The Kier molecular flexibility index (Phi) is 3.94. The fraction of sp³-hybridized carbons (Fsp3) is 0.667. The minimum atomic E-state index is 0.651. The second-order valence-corrected chi connectivity index (χ2v) is 6.06. The van der Waals surface area contributed by atoms with Gasteiger partial charge in [0.15, 0.2) is 0 Å². The highest BCUT2D eigenvalue weighted by molar-refractivity contribution is 6.31. The molecule has 1 atom stereocenters. The number of hydrogen-bond donors (Lipinski definition) is 1. The number of nitrogens with one attached hydrogen (secondary N) is 1. The van der Waals surface area contributed by atoms with Gasteiger partial charge in [0.1, 0.15) is 5.82 Å². The van der Waals surface area contributed by atoms with Crippen LogP contribution in [0.3, 0.4) is 0 Å². The van der Waals surface area contributed by atoms with E-state index >= 15 is 0 Å². The molecule has 1 saturated heterocycles. The fourth-order valence-corrected chi connectivity index (χ4v) is 3.02. The topological polar surface area (TPSA) is 28.2 Å². The molecule has 2 aliphatic rings. The molecule has 1 aliphatic heterocycles. The summed E-state index contributed by atoms with van der Waals surface area (Å²) in [6, 6.07) is 5.41. The van der Waals surface area contributed by atoms with Crippen LogP contribution >= 0.6 is 11.6 Å². The average Bonchev–Trinajstić information content (AvgIpc) is 3.13. The molecule has 0 amide bonds. The molecule has 1 saturated carbocycles. The van der Waals surface area contributed by atoms with E-state index in [-0.39, 0.29) is 0 Å². The fourth-order valence-electron chi connectivity index (χ4n) is 2.85. The van der Waals surface area contributed by atoms with Crippen molar-refractivity contribution in [2.24, 2.45) is 0 Å². The van der Waals surface area contributed by atoms with Crippen LogP contribution in [-0.2, 0) is 6.54 Å². The number of nitrogens with zero attached hydrogens (tertiary/aromatic N) is 2. The summed E-state index contributed by atoms with van der Waals surface area (Å²) in [5.74, 6) is 1.10. The molecule has 19 heavy (non-hydrogen) atoms. The van der Waals surface area contributed by atoms with Gasteiger partial charge in [-0.2, -0.15) is 0 Å². The lowest BCUT2D eigenvalue weighted by molar-refractivity contribution is 0.635. The molecule has 1 unspecified atom stereocenters. The van der Waals surface area contributed by atoms with E-state index in [4.69, 9.17) is 16.6 Å². The van der Waals surface area contributed by atoms with Gasteiger partial charge in [-0.05, 0) is 44.2 Å². The zero-order chi connectivity index (χ0) is 13.2. The number of rotatable bonds is 5. The minimum Gasteiger partial charge on any atom is -0.354 e. The molecule has 3 nitrogen and oxygen atoms in total. The van der Waals surface area contributed by atoms with Crippen molar-refractivity contribution in [1.82, 2.24) is 10.3 Å². The number of aromatic nitrogens is 1. The normalized spacial score (nSPS) is 23.1. The standard InChI is InChI=1S/C15H22ClN3/c1-2-12-4-3-9-19(12)15-8-7-13(16)14(18-15)10-17-11-5-6-11/h7-8,11-12,17H,2-6,9-10H2,1H3. The number of anilines is 1. The summed E-state index contributed by atoms with van der Waals surface area (Å²) in [5, 5.41) is 4.27. The molecule has 0 spiro atoms. The largest absolute Gasteiger partial charge is 0.354 e. The Morgan fingerprint density at radius 2 is 2.21 bits per heavy atom. The SMILES string of the molecule is CCC1CCCN1c1ccc(Cl)c(CNC2CC2)n1. The first-order valence-corrected chi connectivity index (χ1v) is 7.81. The van der Waals surface area contributed by atoms with Crippen molar-refractivity contribution >= 4 is 17.4 Å². The number of halogens is 1. The summed E-state index contributed by atoms with van der Waals surface area (Å²) in [6.07, 6.45) is 6.34. The Morgan fingerprint density at radius 3 is 2.95 bits per heavy atom. The van der Waals surface area contributed by atoms with Crippen molar-refractivity contribution in [3.8, 4) is 0 Å². The molecule has 1 N–H and O–H groups in total. The third-order valence-electron chi connectivity index (χ3n) is 4.18. The third kappa shape index (κ3) is 3.03. The van der Waals surface area contributed by atoms with Crippen LogP contribution in [0.25, 0.3) is 0 Å². The van der Waals surface area contributed by atoms with Gasteiger partial charge in [-0.25, -0.2) is 4.98 Å². The van der Waals surface area contributed by atoms with Gasteiger partial charge in [-0.1, -0.05) is 18.5 Å². The van der Waals surface area contributed by atoms with Gasteiger partial charge in [0.2, 0.25) is 0 Å². The van der Waals surface area contributed by atoms with E-state index in [1.807, 2.05) is 6.07 Å². The second-order valence-electron chi connectivity index (χ2n) is 5.65. The maximum Gasteiger partial charge on any atom is 0.129 e. The molecule has 1 aliphatic carbocycles. The van der Waals surface area contributed by atoms with E-state index in [0.29, 0.717) is 12.1 Å². The molecular weight excluding hydrogens is 258 g/mol. The first-order chi connectivity index (χ1) is 9.28. The first kappa shape index (κ1) is 13.2. The molecule has 0 aromatic carbocycles. The smallest absolute Gasteiger partial charge is 0.129 e. The van der Waals surface area contributed by atoms with Crippen molar-refractivity contribution in [2.75, 3.05) is 11.4 Å². The quantitative estimate of drug-likeness (QED) is 0.896. The molecule has 3 rings (SSSR count). The second kappa shape index (κ2) is 5.68. The highest BCUT2D eigenvalue weighted by atomic mass is 35.5. The highest BCUT2D eigenvalue weighted by Crippen LogP contribution is 2.28. The monoisotopic (exact) mass is 279 g/mol. The van der Waals surface area contributed by atoms with Gasteiger partial charge in [-0.15, -0.1) is 0 Å². The van der Waals surface area contributed by atoms with Crippen molar-refractivity contribution in [2.45, 2.75) is 57.7 Å². The van der Waals surface area contributed by atoms with Crippen LogP contribution in [0.2, 0.25) is 5.02 Å². The van der Waals surface area contributed by atoms with Crippen LogP contribution in [0.4, 0.5) is 5.82 Å². The van der Waals surface area contributed by atoms with Crippen LogP contribution in [0, 0.1) is 0 Å². The summed E-state index contributed by atoms with van der Waals surface area (Å²) in [5.41, 5.74) is 0.993. The number of pyridine rings is 1. The molecule has 104 valence electrons. The summed E-state index contributed by atoms with van der Waals surface area (Å²) >= 11 is 6.26. The zero-order valence-electron chi connectivity index (χ0n) is 11.5. The highest BCUT2D eigenvalue weighted by Gasteiger charge is 2.25. The minimum absolute atomic E-state index is 0.651. The maximum atomic E-state index is 6.26. The van der Waals surface area contributed by atoms with E-state index < -0.39 is 0 Å². The van der Waals surface area contributed by atoms with E-state index in [1.54, 1.807) is 0 Å². The zero-order valence-corrected chi connectivity index (χ0v) is 12.3. The van der Waals surface area contributed by atoms with Crippen molar-refractivity contribution in [3.63, 3.8) is 0 Å². The molecule has 4 heteroatoms. The lowest BCUT2D eigenvalue weighted by Crippen LogP contribution is -2.29. The van der Waals surface area contributed by atoms with Crippen LogP contribution < -0.4 is 10.2 Å². The van der Waals surface area contributed by atoms with Gasteiger partial charge >= 0.3 is 0 Å². The number of hydrogen-bond acceptors (Lipinski definition) is 3. The van der Waals surface area contributed by atoms with E-state index in [1.165, 1.54) is 32.1 Å². The van der Waals surface area contributed by atoms with Gasteiger partial charge in [0, 0.05) is 25.2 Å². The Bertz CT molecular complexity index is 445. The van der Waals surface area contributed by atoms with Crippen molar-refractivity contribution in [3.05, 3.63) is 22.8 Å². The predicted molar refractivity (Wildman–Crippen MR) is 79.8 cm³/mol. The summed E-state index contributed by atoms with van der Waals surface area (Å²) in [7, 11) is 0. The lowest BCUT2D eigenvalue weighted by Gasteiger charge is -2.25. The Morgan fingerprint density at radius 1 is 1.37 bits per heavy atom. The van der Waals surface area contributed by atoms with Gasteiger partial charge in [0.25, 0.3) is 0 Å². The summed E-state index contributed by atoms with van der Waals surface area (Å²) in [4.78, 5) is 7.23. The average molecular weight is 280 g/mol. The molecule has 0 bridgehead atoms. The summed E-state index contributed by atoms with van der Waals surface area (Å²) in [6.45, 7) is 4.18. The van der Waals surface area contributed by atoms with Crippen molar-refractivity contribution < 1.29 is 0 Å². The van der Waals surface area contributed by atoms with Crippen LogP contribution in [0.1, 0.15) is 44.7 Å². The molecule has 1 aromatic heterocycles. The molecule has 2 fully saturated rings. The molecule has 1 aromatic rings. The molecule has 0 radical (unpaired) electrons. The van der Waals surface area contributed by atoms with Crippen LogP contribution in [0.15, 0.2) is 12.1 Å². The Hall–Kier alpha value is -0.800. The Labute approximate surface area is 120 Å². The van der Waals surface area contributed by atoms with Gasteiger partial charge < -0.3 is 10.2 Å². The lowest BCUT2D eigenvalue weighted by atomic mass is 10.2. The first-order valence-electron chi connectivity index (χ1n) is 7.43.